The predicted octanol–water partition coefficient (Wildman–Crippen LogP) is 3.69. The molecular formula is C15H17ClN4O3. The Morgan fingerprint density at radius 2 is 2.22 bits per heavy atom. The van der Waals surface area contributed by atoms with Gasteiger partial charge in [0, 0.05) is 25.0 Å². The summed E-state index contributed by atoms with van der Waals surface area (Å²) in [4.78, 5) is 18.6. The van der Waals surface area contributed by atoms with Crippen LogP contribution in [0.25, 0.3) is 0 Å². The maximum Gasteiger partial charge on any atom is 0.311 e. The number of rotatable bonds is 7. The number of anilines is 1. The zero-order valence-electron chi connectivity index (χ0n) is 12.8. The molecule has 0 amide bonds. The van der Waals surface area contributed by atoms with Crippen molar-refractivity contribution in [2.45, 2.75) is 20.4 Å². The Hall–Kier alpha value is -2.41. The molecule has 2 aromatic heterocycles. The fourth-order valence-corrected chi connectivity index (χ4v) is 2.02. The summed E-state index contributed by atoms with van der Waals surface area (Å²) in [5.41, 5.74) is 0.690. The number of nitrogens with zero attached hydrogens (tertiary/aromatic N) is 3. The van der Waals surface area contributed by atoms with E-state index in [2.05, 4.69) is 15.3 Å². The Kier molecular flexibility index (Phi) is 5.70. The minimum absolute atomic E-state index is 0.0801. The molecule has 0 aliphatic heterocycles. The largest absolute Gasteiger partial charge is 0.476 e. The van der Waals surface area contributed by atoms with Crippen LogP contribution in [0.4, 0.5) is 11.5 Å². The van der Waals surface area contributed by atoms with Gasteiger partial charge < -0.3 is 10.1 Å². The number of hydrogen-bond donors (Lipinski definition) is 1. The molecule has 0 fully saturated rings. The molecule has 2 heterocycles. The second-order valence-electron chi connectivity index (χ2n) is 5.32. The van der Waals surface area contributed by atoms with Crippen LogP contribution >= 0.6 is 11.6 Å². The predicted molar refractivity (Wildman–Crippen MR) is 87.8 cm³/mol. The van der Waals surface area contributed by atoms with Crippen LogP contribution in [-0.4, -0.2) is 21.5 Å². The summed E-state index contributed by atoms with van der Waals surface area (Å²) >= 11 is 6.14. The van der Waals surface area contributed by atoms with E-state index in [4.69, 9.17) is 16.3 Å². The lowest BCUT2D eigenvalue weighted by molar-refractivity contribution is -0.384. The lowest BCUT2D eigenvalue weighted by Crippen LogP contribution is -2.07. The van der Waals surface area contributed by atoms with Gasteiger partial charge in [-0.25, -0.2) is 9.97 Å². The molecule has 0 radical (unpaired) electrons. The summed E-state index contributed by atoms with van der Waals surface area (Å²) in [7, 11) is 0. The van der Waals surface area contributed by atoms with Crippen LogP contribution in [0.1, 0.15) is 19.4 Å². The highest BCUT2D eigenvalue weighted by Crippen LogP contribution is 2.24. The summed E-state index contributed by atoms with van der Waals surface area (Å²) in [6.45, 7) is 4.91. The maximum atomic E-state index is 10.9. The van der Waals surface area contributed by atoms with E-state index >= 15 is 0 Å². The Morgan fingerprint density at radius 1 is 1.43 bits per heavy atom. The molecule has 0 atom stereocenters. The quantitative estimate of drug-likeness (QED) is 0.612. The van der Waals surface area contributed by atoms with Crippen molar-refractivity contribution in [3.8, 4) is 5.88 Å². The maximum absolute atomic E-state index is 10.9. The highest BCUT2D eigenvalue weighted by Gasteiger charge is 2.14. The van der Waals surface area contributed by atoms with Crippen molar-refractivity contribution in [1.29, 1.82) is 0 Å². The van der Waals surface area contributed by atoms with E-state index in [1.54, 1.807) is 12.3 Å². The van der Waals surface area contributed by atoms with Crippen molar-refractivity contribution >= 4 is 23.1 Å². The Bertz CT molecular complexity index is 694. The van der Waals surface area contributed by atoms with E-state index in [1.807, 2.05) is 13.8 Å². The first kappa shape index (κ1) is 17.0. The normalized spacial score (nSPS) is 10.6. The SMILES string of the molecule is CC(C)COc1ncc(CNc2ncccc2[N+](=O)[O-])cc1Cl. The number of nitro groups is 1. The summed E-state index contributed by atoms with van der Waals surface area (Å²) in [5, 5.41) is 14.3. The fraction of sp³-hybridized carbons (Fsp3) is 0.333. The standard InChI is InChI=1S/C15H17ClN4O3/c1-10(2)9-23-15-12(16)6-11(8-19-15)7-18-14-13(20(21)22)4-3-5-17-14/h3-6,8,10H,7,9H2,1-2H3,(H,17,18). The molecule has 0 spiro atoms. The van der Waals surface area contributed by atoms with E-state index in [9.17, 15) is 10.1 Å². The van der Waals surface area contributed by atoms with Gasteiger partial charge in [-0.1, -0.05) is 25.4 Å². The lowest BCUT2D eigenvalue weighted by Gasteiger charge is -2.10. The van der Waals surface area contributed by atoms with Crippen molar-refractivity contribution in [2.75, 3.05) is 11.9 Å². The van der Waals surface area contributed by atoms with Gasteiger partial charge in [-0.2, -0.15) is 0 Å². The fourth-order valence-electron chi connectivity index (χ4n) is 1.78. The number of aromatic nitrogens is 2. The van der Waals surface area contributed by atoms with Gasteiger partial charge in [-0.15, -0.1) is 0 Å². The summed E-state index contributed by atoms with van der Waals surface area (Å²) < 4.78 is 5.50. The molecule has 0 aliphatic rings. The molecule has 0 saturated heterocycles. The van der Waals surface area contributed by atoms with Crippen molar-refractivity contribution in [3.63, 3.8) is 0 Å². The minimum Gasteiger partial charge on any atom is -0.476 e. The molecule has 2 rings (SSSR count). The summed E-state index contributed by atoms with van der Waals surface area (Å²) in [5.74, 6) is 0.959. The highest BCUT2D eigenvalue weighted by molar-refractivity contribution is 6.31. The molecule has 1 N–H and O–H groups in total. The molecule has 122 valence electrons. The van der Waals surface area contributed by atoms with Gasteiger partial charge in [0.15, 0.2) is 0 Å². The van der Waals surface area contributed by atoms with Gasteiger partial charge in [0.2, 0.25) is 11.7 Å². The zero-order valence-corrected chi connectivity index (χ0v) is 13.6. The number of nitrogens with one attached hydrogen (secondary N) is 1. The van der Waals surface area contributed by atoms with Crippen molar-refractivity contribution in [2.24, 2.45) is 5.92 Å². The molecule has 7 nitrogen and oxygen atoms in total. The van der Waals surface area contributed by atoms with E-state index < -0.39 is 4.92 Å². The smallest absolute Gasteiger partial charge is 0.311 e. The van der Waals surface area contributed by atoms with Crippen molar-refractivity contribution in [3.05, 3.63) is 51.3 Å². The number of hydrogen-bond acceptors (Lipinski definition) is 6. The molecule has 0 aromatic carbocycles. The van der Waals surface area contributed by atoms with Gasteiger partial charge in [-0.05, 0) is 23.6 Å². The molecule has 0 aliphatic carbocycles. The van der Waals surface area contributed by atoms with E-state index in [0.29, 0.717) is 30.0 Å². The molecule has 2 aromatic rings. The van der Waals surface area contributed by atoms with E-state index in [1.165, 1.54) is 18.3 Å². The lowest BCUT2D eigenvalue weighted by atomic mass is 10.2. The Morgan fingerprint density at radius 3 is 2.87 bits per heavy atom. The van der Waals surface area contributed by atoms with Gasteiger partial charge in [0.05, 0.1) is 11.5 Å². The molecule has 8 heteroatoms. The molecule has 23 heavy (non-hydrogen) atoms. The number of ether oxygens (including phenoxy) is 1. The third-order valence-corrected chi connectivity index (χ3v) is 3.13. The minimum atomic E-state index is -0.483. The molecular weight excluding hydrogens is 320 g/mol. The van der Waals surface area contributed by atoms with Gasteiger partial charge >= 0.3 is 5.69 Å². The Labute approximate surface area is 138 Å². The average Bonchev–Trinajstić information content (AvgIpc) is 2.52. The monoisotopic (exact) mass is 336 g/mol. The van der Waals surface area contributed by atoms with Crippen LogP contribution in [0, 0.1) is 16.0 Å². The van der Waals surface area contributed by atoms with Gasteiger partial charge in [0.25, 0.3) is 0 Å². The van der Waals surface area contributed by atoms with E-state index in [0.717, 1.165) is 5.56 Å². The first-order valence-corrected chi connectivity index (χ1v) is 7.45. The van der Waals surface area contributed by atoms with Crippen LogP contribution in [0.3, 0.4) is 0 Å². The second kappa shape index (κ2) is 7.73. The molecule has 0 saturated carbocycles. The topological polar surface area (TPSA) is 90.2 Å². The Balaban J connectivity index is 2.04. The third kappa shape index (κ3) is 4.79. The first-order chi connectivity index (χ1) is 11.0. The van der Waals surface area contributed by atoms with E-state index in [-0.39, 0.29) is 11.5 Å². The molecule has 0 bridgehead atoms. The summed E-state index contributed by atoms with van der Waals surface area (Å²) in [6.07, 6.45) is 3.10. The highest BCUT2D eigenvalue weighted by atomic mass is 35.5. The number of halogens is 1. The first-order valence-electron chi connectivity index (χ1n) is 7.08. The van der Waals surface area contributed by atoms with Crippen LogP contribution < -0.4 is 10.1 Å². The van der Waals surface area contributed by atoms with Crippen LogP contribution in [-0.2, 0) is 6.54 Å². The zero-order chi connectivity index (χ0) is 16.8. The number of pyridine rings is 2. The summed E-state index contributed by atoms with van der Waals surface area (Å²) in [6, 6.07) is 4.62. The average molecular weight is 337 g/mol. The van der Waals surface area contributed by atoms with Crippen molar-refractivity contribution < 1.29 is 9.66 Å². The van der Waals surface area contributed by atoms with Crippen LogP contribution in [0.5, 0.6) is 5.88 Å². The van der Waals surface area contributed by atoms with Crippen LogP contribution in [0.2, 0.25) is 5.02 Å². The van der Waals surface area contributed by atoms with Gasteiger partial charge in [-0.3, -0.25) is 10.1 Å². The third-order valence-electron chi connectivity index (χ3n) is 2.86. The second-order valence-corrected chi connectivity index (χ2v) is 5.72. The molecule has 0 unspecified atom stereocenters. The van der Waals surface area contributed by atoms with Gasteiger partial charge in [0.1, 0.15) is 5.02 Å². The van der Waals surface area contributed by atoms with Crippen LogP contribution in [0.15, 0.2) is 30.6 Å². The van der Waals surface area contributed by atoms with Crippen molar-refractivity contribution in [1.82, 2.24) is 9.97 Å².